The van der Waals surface area contributed by atoms with Gasteiger partial charge in [-0.1, -0.05) is 26.2 Å². The van der Waals surface area contributed by atoms with Crippen LogP contribution in [0.2, 0.25) is 0 Å². The maximum absolute atomic E-state index is 12.1. The number of amides is 1. The number of carbonyl (C=O) groups excluding carboxylic acids is 1. The van der Waals surface area contributed by atoms with E-state index in [1.165, 1.54) is 19.3 Å². The molecule has 5 nitrogen and oxygen atoms in total. The summed E-state index contributed by atoms with van der Waals surface area (Å²) < 4.78 is 5.39. The Hall–Kier alpha value is -0.810. The Morgan fingerprint density at radius 1 is 1.27 bits per heavy atom. The van der Waals surface area contributed by atoms with E-state index < -0.39 is 11.7 Å². The number of rotatable bonds is 10. The molecule has 0 aliphatic carbocycles. The standard InChI is InChI=1S/C17H36N2O3/c1-7-8-9-10-14(2)18-11-12-19(13-15(3)20)16(21)22-17(4,5)6/h14-15,18,20H,7-13H2,1-6H3. The van der Waals surface area contributed by atoms with Gasteiger partial charge in [0.25, 0.3) is 0 Å². The summed E-state index contributed by atoms with van der Waals surface area (Å²) in [6.45, 7) is 13.1. The first-order chi connectivity index (χ1) is 10.2. The minimum Gasteiger partial charge on any atom is -0.444 e. The van der Waals surface area contributed by atoms with Gasteiger partial charge >= 0.3 is 6.09 Å². The number of nitrogens with one attached hydrogen (secondary N) is 1. The van der Waals surface area contributed by atoms with Crippen LogP contribution in [0.5, 0.6) is 0 Å². The fourth-order valence-corrected chi connectivity index (χ4v) is 2.15. The average Bonchev–Trinajstić information content (AvgIpc) is 2.35. The van der Waals surface area contributed by atoms with Crippen molar-refractivity contribution in [1.29, 1.82) is 0 Å². The van der Waals surface area contributed by atoms with E-state index in [1.807, 2.05) is 20.8 Å². The zero-order chi connectivity index (χ0) is 17.2. The van der Waals surface area contributed by atoms with Crippen molar-refractivity contribution < 1.29 is 14.6 Å². The third kappa shape index (κ3) is 11.8. The van der Waals surface area contributed by atoms with Crippen molar-refractivity contribution in [2.75, 3.05) is 19.6 Å². The van der Waals surface area contributed by atoms with Crippen LogP contribution in [0.4, 0.5) is 4.79 Å². The molecule has 0 aromatic heterocycles. The van der Waals surface area contributed by atoms with E-state index in [4.69, 9.17) is 4.74 Å². The lowest BCUT2D eigenvalue weighted by Gasteiger charge is -2.28. The van der Waals surface area contributed by atoms with E-state index >= 15 is 0 Å². The molecule has 0 spiro atoms. The number of hydrogen-bond acceptors (Lipinski definition) is 4. The average molecular weight is 316 g/mol. The second-order valence-electron chi connectivity index (χ2n) is 7.13. The number of hydrogen-bond donors (Lipinski definition) is 2. The van der Waals surface area contributed by atoms with E-state index in [1.54, 1.807) is 11.8 Å². The Balaban J connectivity index is 4.22. The largest absolute Gasteiger partial charge is 0.444 e. The summed E-state index contributed by atoms with van der Waals surface area (Å²) >= 11 is 0. The van der Waals surface area contributed by atoms with Gasteiger partial charge in [0, 0.05) is 25.7 Å². The van der Waals surface area contributed by atoms with Crippen LogP contribution < -0.4 is 5.32 Å². The summed E-state index contributed by atoms with van der Waals surface area (Å²) in [5.41, 5.74) is -0.519. The highest BCUT2D eigenvalue weighted by Crippen LogP contribution is 2.10. The normalized spacial score (nSPS) is 14.5. The molecule has 0 radical (unpaired) electrons. The van der Waals surface area contributed by atoms with Crippen LogP contribution in [0.1, 0.15) is 67.2 Å². The van der Waals surface area contributed by atoms with Crippen molar-refractivity contribution in [2.24, 2.45) is 0 Å². The molecule has 0 saturated heterocycles. The molecule has 132 valence electrons. The summed E-state index contributed by atoms with van der Waals surface area (Å²) in [5, 5.41) is 13.0. The summed E-state index contributed by atoms with van der Waals surface area (Å²) in [4.78, 5) is 13.7. The smallest absolute Gasteiger partial charge is 0.410 e. The molecule has 0 aromatic rings. The Labute approximate surface area is 136 Å². The van der Waals surface area contributed by atoms with Gasteiger partial charge in [0.05, 0.1) is 6.10 Å². The molecule has 0 aromatic carbocycles. The molecule has 0 aliphatic rings. The molecule has 0 rings (SSSR count). The first-order valence-corrected chi connectivity index (χ1v) is 8.55. The lowest BCUT2D eigenvalue weighted by molar-refractivity contribution is 0.0163. The molecule has 0 bridgehead atoms. The SMILES string of the molecule is CCCCCC(C)NCCN(CC(C)O)C(=O)OC(C)(C)C. The molecular weight excluding hydrogens is 280 g/mol. The van der Waals surface area contributed by atoms with Gasteiger partial charge in [0.15, 0.2) is 0 Å². The van der Waals surface area contributed by atoms with Crippen molar-refractivity contribution in [2.45, 2.75) is 85.0 Å². The molecular formula is C17H36N2O3. The Morgan fingerprint density at radius 2 is 1.91 bits per heavy atom. The van der Waals surface area contributed by atoms with Crippen molar-refractivity contribution in [3.8, 4) is 0 Å². The molecule has 0 fully saturated rings. The van der Waals surface area contributed by atoms with E-state index in [2.05, 4.69) is 19.2 Å². The molecule has 2 atom stereocenters. The van der Waals surface area contributed by atoms with Gasteiger partial charge in [-0.3, -0.25) is 0 Å². The topological polar surface area (TPSA) is 61.8 Å². The number of ether oxygens (including phenoxy) is 1. The van der Waals surface area contributed by atoms with Gasteiger partial charge in [-0.05, 0) is 41.0 Å². The molecule has 0 saturated carbocycles. The maximum Gasteiger partial charge on any atom is 0.410 e. The quantitative estimate of drug-likeness (QED) is 0.608. The van der Waals surface area contributed by atoms with E-state index in [-0.39, 0.29) is 6.09 Å². The van der Waals surface area contributed by atoms with Crippen LogP contribution in [0.3, 0.4) is 0 Å². The fraction of sp³-hybridized carbons (Fsp3) is 0.941. The highest BCUT2D eigenvalue weighted by molar-refractivity contribution is 5.68. The molecule has 5 heteroatoms. The van der Waals surface area contributed by atoms with Crippen LogP contribution in [0.15, 0.2) is 0 Å². The second-order valence-corrected chi connectivity index (χ2v) is 7.13. The van der Waals surface area contributed by atoms with Gasteiger partial charge in [0.1, 0.15) is 5.60 Å². The third-order valence-electron chi connectivity index (χ3n) is 3.25. The first-order valence-electron chi connectivity index (χ1n) is 8.55. The minimum atomic E-state index is -0.561. The number of aliphatic hydroxyl groups is 1. The minimum absolute atomic E-state index is 0.292. The zero-order valence-corrected chi connectivity index (χ0v) is 15.3. The van der Waals surface area contributed by atoms with Crippen LogP contribution in [0, 0.1) is 0 Å². The maximum atomic E-state index is 12.1. The van der Waals surface area contributed by atoms with Crippen molar-refractivity contribution in [3.63, 3.8) is 0 Å². The monoisotopic (exact) mass is 316 g/mol. The molecule has 22 heavy (non-hydrogen) atoms. The number of nitrogens with zero attached hydrogens (tertiary/aromatic N) is 1. The Kier molecular flexibility index (Phi) is 10.4. The molecule has 0 heterocycles. The summed E-state index contributed by atoms with van der Waals surface area (Å²) in [6.07, 6.45) is 3.94. The van der Waals surface area contributed by atoms with E-state index in [0.29, 0.717) is 25.7 Å². The summed E-state index contributed by atoms with van der Waals surface area (Å²) in [7, 11) is 0. The lowest BCUT2D eigenvalue weighted by atomic mass is 10.1. The van der Waals surface area contributed by atoms with E-state index in [9.17, 15) is 9.90 Å². The Bertz CT molecular complexity index is 301. The van der Waals surface area contributed by atoms with E-state index in [0.717, 1.165) is 6.42 Å². The first kappa shape index (κ1) is 21.2. The van der Waals surface area contributed by atoms with Crippen molar-refractivity contribution in [1.82, 2.24) is 10.2 Å². The highest BCUT2D eigenvalue weighted by Gasteiger charge is 2.22. The van der Waals surface area contributed by atoms with Crippen LogP contribution >= 0.6 is 0 Å². The van der Waals surface area contributed by atoms with Gasteiger partial charge in [-0.15, -0.1) is 0 Å². The van der Waals surface area contributed by atoms with Crippen molar-refractivity contribution in [3.05, 3.63) is 0 Å². The molecule has 2 N–H and O–H groups in total. The highest BCUT2D eigenvalue weighted by atomic mass is 16.6. The lowest BCUT2D eigenvalue weighted by Crippen LogP contribution is -2.44. The molecule has 1 amide bonds. The van der Waals surface area contributed by atoms with Gasteiger partial charge in [0.2, 0.25) is 0 Å². The van der Waals surface area contributed by atoms with Crippen LogP contribution in [0.25, 0.3) is 0 Å². The van der Waals surface area contributed by atoms with Gasteiger partial charge in [-0.2, -0.15) is 0 Å². The molecule has 2 unspecified atom stereocenters. The van der Waals surface area contributed by atoms with Crippen molar-refractivity contribution >= 4 is 6.09 Å². The number of unbranched alkanes of at least 4 members (excludes halogenated alkanes) is 2. The zero-order valence-electron chi connectivity index (χ0n) is 15.3. The predicted molar refractivity (Wildman–Crippen MR) is 91.1 cm³/mol. The fourth-order valence-electron chi connectivity index (χ4n) is 2.15. The second kappa shape index (κ2) is 10.8. The molecule has 0 aliphatic heterocycles. The number of carbonyl (C=O) groups is 1. The van der Waals surface area contributed by atoms with Gasteiger partial charge in [-0.25, -0.2) is 4.79 Å². The van der Waals surface area contributed by atoms with Crippen LogP contribution in [-0.4, -0.2) is 53.5 Å². The number of aliphatic hydroxyl groups excluding tert-OH is 1. The van der Waals surface area contributed by atoms with Gasteiger partial charge < -0.3 is 20.1 Å². The predicted octanol–water partition coefficient (Wildman–Crippen LogP) is 3.16. The summed E-state index contributed by atoms with van der Waals surface area (Å²) in [6, 6.07) is 0.443. The third-order valence-corrected chi connectivity index (χ3v) is 3.25. The summed E-state index contributed by atoms with van der Waals surface area (Å²) in [5.74, 6) is 0. The Morgan fingerprint density at radius 3 is 2.41 bits per heavy atom. The van der Waals surface area contributed by atoms with Crippen LogP contribution in [-0.2, 0) is 4.74 Å².